The van der Waals surface area contributed by atoms with Crippen molar-refractivity contribution in [2.24, 2.45) is 0 Å². The van der Waals surface area contributed by atoms with E-state index < -0.39 is 0 Å². The molecule has 1 aromatic carbocycles. The second-order valence-corrected chi connectivity index (χ2v) is 8.36. The zero-order valence-electron chi connectivity index (χ0n) is 13.8. The molecule has 0 radical (unpaired) electrons. The van der Waals surface area contributed by atoms with Crippen LogP contribution in [0.5, 0.6) is 0 Å². The fraction of sp³-hybridized carbons (Fsp3) is 0.333. The number of benzene rings is 1. The topological polar surface area (TPSA) is 49.4 Å². The Bertz CT molecular complexity index is 788. The van der Waals surface area contributed by atoms with Crippen LogP contribution in [0.15, 0.2) is 29.6 Å². The maximum atomic E-state index is 12.4. The third-order valence-corrected chi connectivity index (χ3v) is 6.06. The van der Waals surface area contributed by atoms with Crippen molar-refractivity contribution in [1.82, 2.24) is 4.90 Å². The Morgan fingerprint density at radius 2 is 1.96 bits per heavy atom. The third-order valence-electron chi connectivity index (χ3n) is 4.33. The van der Waals surface area contributed by atoms with E-state index in [9.17, 15) is 9.59 Å². The molecule has 0 spiro atoms. The summed E-state index contributed by atoms with van der Waals surface area (Å²) in [5, 5.41) is 5.64. The first-order valence-electron chi connectivity index (χ1n) is 8.19. The Morgan fingerprint density at radius 1 is 1.23 bits per heavy atom. The number of rotatable bonds is 6. The van der Waals surface area contributed by atoms with Crippen LogP contribution >= 0.6 is 46.1 Å². The molecule has 8 heteroatoms. The van der Waals surface area contributed by atoms with Crippen LogP contribution in [0.25, 0.3) is 0 Å². The van der Waals surface area contributed by atoms with E-state index in [2.05, 4.69) is 5.32 Å². The van der Waals surface area contributed by atoms with E-state index >= 15 is 0 Å². The Hall–Kier alpha value is -1.11. The number of halogens is 3. The normalized spacial score (nSPS) is 17.4. The number of Topliss-reactive ketones (excluding diaryl/α,β-unsaturated/α-hetero) is 1. The van der Waals surface area contributed by atoms with Gasteiger partial charge in [-0.25, -0.2) is 0 Å². The molecule has 1 amide bonds. The number of likely N-dealkylation sites (tertiary alicyclic amines) is 1. The Labute approximate surface area is 171 Å². The Kier molecular flexibility index (Phi) is 6.59. The number of thiophene rings is 1. The second-order valence-electron chi connectivity index (χ2n) is 6.16. The molecule has 2 heterocycles. The average Bonchev–Trinajstić information content (AvgIpc) is 3.23. The molecule has 1 atom stereocenters. The number of hydrogen-bond donors (Lipinski definition) is 1. The predicted octanol–water partition coefficient (Wildman–Crippen LogP) is 5.38. The van der Waals surface area contributed by atoms with Crippen molar-refractivity contribution in [2.45, 2.75) is 25.3 Å². The summed E-state index contributed by atoms with van der Waals surface area (Å²) in [5.41, 5.74) is 0.355. The summed E-state index contributed by atoms with van der Waals surface area (Å²) >= 11 is 19.6. The molecule has 1 aliphatic heterocycles. The highest BCUT2D eigenvalue weighted by Gasteiger charge is 2.29. The van der Waals surface area contributed by atoms with Crippen molar-refractivity contribution < 1.29 is 9.59 Å². The molecule has 1 N–H and O–H groups in total. The summed E-state index contributed by atoms with van der Waals surface area (Å²) in [6, 6.07) is 6.85. The molecule has 0 unspecified atom stereocenters. The molecule has 4 nitrogen and oxygen atoms in total. The van der Waals surface area contributed by atoms with Crippen LogP contribution in [0.3, 0.4) is 0 Å². The number of nitrogens with zero attached hydrogens (tertiary/aromatic N) is 1. The van der Waals surface area contributed by atoms with Crippen molar-refractivity contribution in [1.29, 1.82) is 0 Å². The summed E-state index contributed by atoms with van der Waals surface area (Å²) in [6.07, 6.45) is 2.31. The van der Waals surface area contributed by atoms with Gasteiger partial charge in [-0.15, -0.1) is 11.3 Å². The highest BCUT2D eigenvalue weighted by atomic mass is 35.5. The van der Waals surface area contributed by atoms with Crippen molar-refractivity contribution >= 4 is 63.5 Å². The molecule has 0 bridgehead atoms. The first-order valence-corrected chi connectivity index (χ1v) is 10.2. The van der Waals surface area contributed by atoms with E-state index in [-0.39, 0.29) is 24.3 Å². The number of amides is 1. The van der Waals surface area contributed by atoms with Crippen molar-refractivity contribution in [3.8, 4) is 0 Å². The van der Waals surface area contributed by atoms with Gasteiger partial charge in [-0.1, -0.05) is 40.9 Å². The van der Waals surface area contributed by atoms with Gasteiger partial charge in [0, 0.05) is 17.5 Å². The minimum Gasteiger partial charge on any atom is -0.322 e. The maximum Gasteiger partial charge on any atom is 0.238 e. The van der Waals surface area contributed by atoms with Crippen LogP contribution < -0.4 is 5.32 Å². The minimum absolute atomic E-state index is 0.0755. The third kappa shape index (κ3) is 4.78. The molecule has 1 saturated heterocycles. The lowest BCUT2D eigenvalue weighted by molar-refractivity contribution is -0.117. The van der Waals surface area contributed by atoms with Crippen molar-refractivity contribution in [3.05, 3.63) is 49.6 Å². The van der Waals surface area contributed by atoms with Gasteiger partial charge < -0.3 is 5.32 Å². The van der Waals surface area contributed by atoms with Gasteiger partial charge in [-0.3, -0.25) is 14.5 Å². The molecule has 1 aromatic heterocycles. The summed E-state index contributed by atoms with van der Waals surface area (Å²) in [7, 11) is 0. The lowest BCUT2D eigenvalue weighted by Crippen LogP contribution is -2.37. The quantitative estimate of drug-likeness (QED) is 0.624. The van der Waals surface area contributed by atoms with E-state index in [1.807, 2.05) is 22.4 Å². The largest absolute Gasteiger partial charge is 0.322 e. The summed E-state index contributed by atoms with van der Waals surface area (Å²) in [6.45, 7) is 0.982. The van der Waals surface area contributed by atoms with Crippen LogP contribution in [0.2, 0.25) is 15.1 Å². The highest BCUT2D eigenvalue weighted by molar-refractivity contribution is 7.12. The zero-order valence-corrected chi connectivity index (χ0v) is 16.9. The zero-order chi connectivity index (χ0) is 18.7. The molecule has 1 fully saturated rings. The first-order chi connectivity index (χ1) is 12.4. The Morgan fingerprint density at radius 3 is 2.62 bits per heavy atom. The molecule has 2 aromatic rings. The van der Waals surface area contributed by atoms with Crippen LogP contribution in [-0.2, 0) is 4.79 Å². The van der Waals surface area contributed by atoms with E-state index in [4.69, 9.17) is 34.8 Å². The number of carbonyl (C=O) groups is 2. The van der Waals surface area contributed by atoms with Crippen LogP contribution in [-0.4, -0.2) is 35.7 Å². The molecule has 0 aliphatic carbocycles. The van der Waals surface area contributed by atoms with Crippen LogP contribution in [0.4, 0.5) is 5.69 Å². The summed E-state index contributed by atoms with van der Waals surface area (Å²) in [4.78, 5) is 27.6. The summed E-state index contributed by atoms with van der Waals surface area (Å²) in [5.74, 6) is -0.0901. The van der Waals surface area contributed by atoms with E-state index in [1.165, 1.54) is 23.5 Å². The van der Waals surface area contributed by atoms with Gasteiger partial charge in [0.05, 0.1) is 27.2 Å². The standard InChI is InChI=1S/C18H17Cl3N2O2S/c19-11-7-13(20)18(14(21)8-11)22-17(25)10-23-5-1-3-12(23)9-15(24)16-4-2-6-26-16/h2,4,6-8,12H,1,3,5,9-10H2,(H,22,25)/t12-/m0/s1. The first kappa shape index (κ1) is 19.6. The summed E-state index contributed by atoms with van der Waals surface area (Å²) < 4.78 is 0. The second kappa shape index (κ2) is 8.72. The van der Waals surface area contributed by atoms with Crippen molar-refractivity contribution in [3.63, 3.8) is 0 Å². The van der Waals surface area contributed by atoms with Gasteiger partial charge in [0.1, 0.15) is 0 Å². The smallest absolute Gasteiger partial charge is 0.238 e. The van der Waals surface area contributed by atoms with Gasteiger partial charge >= 0.3 is 0 Å². The number of carbonyl (C=O) groups excluding carboxylic acids is 2. The molecular formula is C18H17Cl3N2O2S. The average molecular weight is 432 g/mol. The van der Waals surface area contributed by atoms with Gasteiger partial charge in [-0.05, 0) is 43.0 Å². The van der Waals surface area contributed by atoms with Gasteiger partial charge in [0.2, 0.25) is 5.91 Å². The van der Waals surface area contributed by atoms with Gasteiger partial charge in [0.15, 0.2) is 5.78 Å². The maximum absolute atomic E-state index is 12.4. The molecule has 0 saturated carbocycles. The van der Waals surface area contributed by atoms with Crippen LogP contribution in [0, 0.1) is 0 Å². The lowest BCUT2D eigenvalue weighted by atomic mass is 10.1. The SMILES string of the molecule is O=C(CN1CCC[C@H]1CC(=O)c1cccs1)Nc1c(Cl)cc(Cl)cc1Cl. The number of nitrogens with one attached hydrogen (secondary N) is 1. The number of anilines is 1. The van der Waals surface area contributed by atoms with E-state index in [1.54, 1.807) is 0 Å². The van der Waals surface area contributed by atoms with E-state index in [0.29, 0.717) is 27.2 Å². The van der Waals surface area contributed by atoms with Crippen LogP contribution in [0.1, 0.15) is 28.9 Å². The molecule has 138 valence electrons. The molecular weight excluding hydrogens is 415 g/mol. The highest BCUT2D eigenvalue weighted by Crippen LogP contribution is 2.33. The Balaban J connectivity index is 1.61. The van der Waals surface area contributed by atoms with E-state index in [0.717, 1.165) is 24.3 Å². The molecule has 26 heavy (non-hydrogen) atoms. The lowest BCUT2D eigenvalue weighted by Gasteiger charge is -2.23. The van der Waals surface area contributed by atoms with Crippen molar-refractivity contribution in [2.75, 3.05) is 18.4 Å². The minimum atomic E-state index is -0.216. The number of hydrogen-bond acceptors (Lipinski definition) is 4. The van der Waals surface area contributed by atoms with Gasteiger partial charge in [-0.2, -0.15) is 0 Å². The monoisotopic (exact) mass is 430 g/mol. The number of ketones is 1. The molecule has 3 rings (SSSR count). The molecule has 1 aliphatic rings. The fourth-order valence-corrected chi connectivity index (χ4v) is 4.70. The predicted molar refractivity (Wildman–Crippen MR) is 108 cm³/mol. The fourth-order valence-electron chi connectivity index (χ4n) is 3.11. The van der Waals surface area contributed by atoms with Gasteiger partial charge in [0.25, 0.3) is 0 Å².